The molecule has 2 atom stereocenters. The molecule has 0 radical (unpaired) electrons. The highest BCUT2D eigenvalue weighted by Gasteiger charge is 2.30. The van der Waals surface area contributed by atoms with Gasteiger partial charge in [-0.05, 0) is 23.3 Å². The molecule has 0 bridgehead atoms. The van der Waals surface area contributed by atoms with Crippen molar-refractivity contribution in [2.45, 2.75) is 18.6 Å². The van der Waals surface area contributed by atoms with Gasteiger partial charge < -0.3 is 21.1 Å². The second-order valence-corrected chi connectivity index (χ2v) is 5.91. The molecular formula is C19H23N3O2. The summed E-state index contributed by atoms with van der Waals surface area (Å²) in [5.74, 6) is 0.816. The highest BCUT2D eigenvalue weighted by Crippen LogP contribution is 2.25. The van der Waals surface area contributed by atoms with E-state index in [0.717, 1.165) is 16.9 Å². The maximum absolute atomic E-state index is 12.0. The zero-order valence-electron chi connectivity index (χ0n) is 13.6. The third kappa shape index (κ3) is 4.13. The quantitative estimate of drug-likeness (QED) is 0.753. The second kappa shape index (κ2) is 7.95. The summed E-state index contributed by atoms with van der Waals surface area (Å²) in [5, 5.41) is 6.01. The first-order valence-corrected chi connectivity index (χ1v) is 8.29. The summed E-state index contributed by atoms with van der Waals surface area (Å²) < 4.78 is 6.06. The Hall–Kier alpha value is -2.37. The van der Waals surface area contributed by atoms with Crippen molar-refractivity contribution in [2.75, 3.05) is 19.6 Å². The monoisotopic (exact) mass is 325 g/mol. The van der Waals surface area contributed by atoms with E-state index in [1.54, 1.807) is 0 Å². The first-order valence-electron chi connectivity index (χ1n) is 8.29. The van der Waals surface area contributed by atoms with Crippen molar-refractivity contribution in [1.29, 1.82) is 0 Å². The number of benzene rings is 2. The number of nitrogens with one attached hydrogen (secondary N) is 2. The molecule has 1 saturated heterocycles. The van der Waals surface area contributed by atoms with Crippen LogP contribution in [0.15, 0.2) is 54.6 Å². The van der Waals surface area contributed by atoms with E-state index < -0.39 is 0 Å². The number of hydrogen-bond donors (Lipinski definition) is 3. The number of carbonyl (C=O) groups is 1. The van der Waals surface area contributed by atoms with Gasteiger partial charge in [0.15, 0.2) is 0 Å². The Balaban J connectivity index is 1.60. The summed E-state index contributed by atoms with van der Waals surface area (Å²) in [5.41, 5.74) is 7.69. The SMILES string of the molecule is NCCNC(=O)C1CC(Oc2cccc(-c3ccccc3)c2)CN1. The minimum Gasteiger partial charge on any atom is -0.489 e. The van der Waals surface area contributed by atoms with Crippen LogP contribution in [0.25, 0.3) is 11.1 Å². The fraction of sp³-hybridized carbons (Fsp3) is 0.316. The zero-order chi connectivity index (χ0) is 16.8. The topological polar surface area (TPSA) is 76.4 Å². The van der Waals surface area contributed by atoms with Crippen LogP contribution in [0.5, 0.6) is 5.75 Å². The average Bonchev–Trinajstić information content (AvgIpc) is 3.09. The minimum atomic E-state index is -0.209. The normalized spacial score (nSPS) is 19.9. The molecule has 1 aliphatic heterocycles. The Morgan fingerprint density at radius 3 is 2.75 bits per heavy atom. The molecule has 1 amide bonds. The van der Waals surface area contributed by atoms with Crippen molar-refractivity contribution >= 4 is 5.91 Å². The van der Waals surface area contributed by atoms with Gasteiger partial charge in [0.1, 0.15) is 11.9 Å². The molecule has 0 aromatic heterocycles. The number of ether oxygens (including phenoxy) is 1. The van der Waals surface area contributed by atoms with Gasteiger partial charge in [-0.3, -0.25) is 4.79 Å². The number of rotatable bonds is 6. The Bertz CT molecular complexity index is 675. The fourth-order valence-electron chi connectivity index (χ4n) is 2.88. The third-order valence-corrected chi connectivity index (χ3v) is 4.09. The maximum atomic E-state index is 12.0. The average molecular weight is 325 g/mol. The van der Waals surface area contributed by atoms with Crippen LogP contribution in [-0.4, -0.2) is 37.7 Å². The molecule has 126 valence electrons. The van der Waals surface area contributed by atoms with Crippen LogP contribution in [0.2, 0.25) is 0 Å². The van der Waals surface area contributed by atoms with Crippen LogP contribution in [0.1, 0.15) is 6.42 Å². The van der Waals surface area contributed by atoms with Crippen molar-refractivity contribution in [1.82, 2.24) is 10.6 Å². The zero-order valence-corrected chi connectivity index (χ0v) is 13.6. The Labute approximate surface area is 142 Å². The van der Waals surface area contributed by atoms with Gasteiger partial charge in [0, 0.05) is 26.1 Å². The molecule has 2 aromatic carbocycles. The molecule has 0 spiro atoms. The van der Waals surface area contributed by atoms with E-state index in [1.165, 1.54) is 0 Å². The molecule has 0 saturated carbocycles. The molecule has 1 heterocycles. The van der Waals surface area contributed by atoms with Crippen molar-refractivity contribution in [3.05, 3.63) is 54.6 Å². The molecule has 4 N–H and O–H groups in total. The lowest BCUT2D eigenvalue weighted by atomic mass is 10.1. The van der Waals surface area contributed by atoms with Crippen molar-refractivity contribution in [2.24, 2.45) is 5.73 Å². The number of hydrogen-bond acceptors (Lipinski definition) is 4. The van der Waals surface area contributed by atoms with E-state index in [4.69, 9.17) is 10.5 Å². The molecule has 2 unspecified atom stereocenters. The molecule has 24 heavy (non-hydrogen) atoms. The van der Waals surface area contributed by atoms with Gasteiger partial charge in [0.2, 0.25) is 5.91 Å². The van der Waals surface area contributed by atoms with Gasteiger partial charge in [0.25, 0.3) is 0 Å². The van der Waals surface area contributed by atoms with Crippen LogP contribution < -0.4 is 21.1 Å². The Morgan fingerprint density at radius 1 is 1.17 bits per heavy atom. The Kier molecular flexibility index (Phi) is 5.46. The first kappa shape index (κ1) is 16.5. The van der Waals surface area contributed by atoms with E-state index in [2.05, 4.69) is 28.8 Å². The number of nitrogens with two attached hydrogens (primary N) is 1. The minimum absolute atomic E-state index is 0.00958. The second-order valence-electron chi connectivity index (χ2n) is 5.91. The van der Waals surface area contributed by atoms with Gasteiger partial charge >= 0.3 is 0 Å². The fourth-order valence-corrected chi connectivity index (χ4v) is 2.88. The Morgan fingerprint density at radius 2 is 1.96 bits per heavy atom. The largest absolute Gasteiger partial charge is 0.489 e. The lowest BCUT2D eigenvalue weighted by Gasteiger charge is -2.14. The van der Waals surface area contributed by atoms with Crippen LogP contribution in [0.3, 0.4) is 0 Å². The maximum Gasteiger partial charge on any atom is 0.237 e. The van der Waals surface area contributed by atoms with Crippen LogP contribution in [-0.2, 0) is 4.79 Å². The molecular weight excluding hydrogens is 302 g/mol. The third-order valence-electron chi connectivity index (χ3n) is 4.09. The van der Waals surface area contributed by atoms with Gasteiger partial charge in [-0.1, -0.05) is 42.5 Å². The van der Waals surface area contributed by atoms with Crippen molar-refractivity contribution < 1.29 is 9.53 Å². The van der Waals surface area contributed by atoms with E-state index >= 15 is 0 Å². The molecule has 1 aliphatic rings. The predicted molar refractivity (Wildman–Crippen MR) is 94.8 cm³/mol. The standard InChI is InChI=1S/C19H23N3O2/c20-9-10-21-19(23)18-12-17(13-22-18)24-16-8-4-7-15(11-16)14-5-2-1-3-6-14/h1-8,11,17-18,22H,9-10,12-13,20H2,(H,21,23). The molecule has 1 fully saturated rings. The van der Waals surface area contributed by atoms with Gasteiger partial charge in [0.05, 0.1) is 6.04 Å². The first-order chi connectivity index (χ1) is 11.8. The summed E-state index contributed by atoms with van der Waals surface area (Å²) in [7, 11) is 0. The molecule has 2 aromatic rings. The smallest absolute Gasteiger partial charge is 0.237 e. The van der Waals surface area contributed by atoms with Crippen LogP contribution >= 0.6 is 0 Å². The summed E-state index contributed by atoms with van der Waals surface area (Å²) in [6, 6.07) is 18.0. The lowest BCUT2D eigenvalue weighted by Crippen LogP contribution is -2.42. The van der Waals surface area contributed by atoms with E-state index in [0.29, 0.717) is 26.1 Å². The van der Waals surface area contributed by atoms with Crippen LogP contribution in [0.4, 0.5) is 0 Å². The summed E-state index contributed by atoms with van der Waals surface area (Å²) in [6.45, 7) is 1.61. The van der Waals surface area contributed by atoms with E-state index in [9.17, 15) is 4.79 Å². The van der Waals surface area contributed by atoms with Gasteiger partial charge in [-0.25, -0.2) is 0 Å². The predicted octanol–water partition coefficient (Wildman–Crippen LogP) is 1.54. The van der Waals surface area contributed by atoms with E-state index in [1.807, 2.05) is 36.4 Å². The van der Waals surface area contributed by atoms with Gasteiger partial charge in [-0.2, -0.15) is 0 Å². The molecule has 0 aliphatic carbocycles. The summed E-state index contributed by atoms with van der Waals surface area (Å²) in [4.78, 5) is 12.0. The number of amides is 1. The molecule has 5 heteroatoms. The van der Waals surface area contributed by atoms with Crippen LogP contribution in [0, 0.1) is 0 Å². The highest BCUT2D eigenvalue weighted by molar-refractivity contribution is 5.82. The van der Waals surface area contributed by atoms with Crippen molar-refractivity contribution in [3.8, 4) is 16.9 Å². The molecule has 5 nitrogen and oxygen atoms in total. The summed E-state index contributed by atoms with van der Waals surface area (Å²) in [6.07, 6.45) is 0.649. The number of carbonyl (C=O) groups excluding carboxylic acids is 1. The van der Waals surface area contributed by atoms with Gasteiger partial charge in [-0.15, -0.1) is 0 Å². The molecule has 3 rings (SSSR count). The van der Waals surface area contributed by atoms with E-state index in [-0.39, 0.29) is 18.1 Å². The van der Waals surface area contributed by atoms with Crippen molar-refractivity contribution in [3.63, 3.8) is 0 Å². The highest BCUT2D eigenvalue weighted by atomic mass is 16.5. The lowest BCUT2D eigenvalue weighted by molar-refractivity contribution is -0.122. The summed E-state index contributed by atoms with van der Waals surface area (Å²) >= 11 is 0.